The van der Waals surface area contributed by atoms with E-state index in [2.05, 4.69) is 18.7 Å². The SMILES string of the molecule is C=C/C(SN)=c1/cccc/c1=C/C. The Kier molecular flexibility index (Phi) is 3.80. The highest BCUT2D eigenvalue weighted by Gasteiger charge is 1.91. The first-order chi connectivity index (χ1) is 6.33. The van der Waals surface area contributed by atoms with Crippen LogP contribution in [0.15, 0.2) is 36.9 Å². The third-order valence-corrected chi connectivity index (χ3v) is 2.49. The third-order valence-electron chi connectivity index (χ3n) is 1.85. The first kappa shape index (κ1) is 10.1. The molecule has 2 heteroatoms. The minimum Gasteiger partial charge on any atom is -0.274 e. The Morgan fingerprint density at radius 2 is 2.15 bits per heavy atom. The van der Waals surface area contributed by atoms with E-state index in [1.165, 1.54) is 17.2 Å². The summed E-state index contributed by atoms with van der Waals surface area (Å²) in [6.45, 7) is 5.75. The van der Waals surface area contributed by atoms with Gasteiger partial charge in [-0.15, -0.1) is 0 Å². The molecule has 0 aliphatic heterocycles. The molecule has 0 fully saturated rings. The molecule has 0 heterocycles. The van der Waals surface area contributed by atoms with Crippen LogP contribution in [0.2, 0.25) is 0 Å². The van der Waals surface area contributed by atoms with E-state index in [0.29, 0.717) is 0 Å². The zero-order valence-electron chi connectivity index (χ0n) is 7.66. The largest absolute Gasteiger partial charge is 0.274 e. The van der Waals surface area contributed by atoms with Crippen LogP contribution >= 0.6 is 11.9 Å². The van der Waals surface area contributed by atoms with Crippen LogP contribution in [0.5, 0.6) is 0 Å². The first-order valence-electron chi connectivity index (χ1n) is 4.08. The summed E-state index contributed by atoms with van der Waals surface area (Å²) in [4.78, 5) is 1.01. The molecule has 0 unspecified atom stereocenters. The van der Waals surface area contributed by atoms with Gasteiger partial charge in [-0.25, -0.2) is 0 Å². The van der Waals surface area contributed by atoms with Crippen molar-refractivity contribution < 1.29 is 0 Å². The van der Waals surface area contributed by atoms with Crippen LogP contribution in [0.25, 0.3) is 11.0 Å². The fourth-order valence-corrected chi connectivity index (χ4v) is 1.60. The zero-order valence-corrected chi connectivity index (χ0v) is 8.47. The number of hydrogen-bond acceptors (Lipinski definition) is 2. The van der Waals surface area contributed by atoms with Gasteiger partial charge in [0, 0.05) is 4.91 Å². The summed E-state index contributed by atoms with van der Waals surface area (Å²) in [6.07, 6.45) is 3.85. The van der Waals surface area contributed by atoms with Gasteiger partial charge in [0.05, 0.1) is 0 Å². The van der Waals surface area contributed by atoms with Crippen LogP contribution in [0.3, 0.4) is 0 Å². The molecule has 1 aromatic rings. The second kappa shape index (κ2) is 4.90. The van der Waals surface area contributed by atoms with Gasteiger partial charge in [-0.1, -0.05) is 43.0 Å². The monoisotopic (exact) mass is 191 g/mol. The summed E-state index contributed by atoms with van der Waals surface area (Å²) in [7, 11) is 0. The highest BCUT2D eigenvalue weighted by molar-refractivity contribution is 8.06. The molecular weight excluding hydrogens is 178 g/mol. The van der Waals surface area contributed by atoms with Gasteiger partial charge >= 0.3 is 0 Å². The fraction of sp³-hybridized carbons (Fsp3) is 0.0909. The van der Waals surface area contributed by atoms with Crippen molar-refractivity contribution in [3.8, 4) is 0 Å². The van der Waals surface area contributed by atoms with Crippen molar-refractivity contribution in [2.24, 2.45) is 5.14 Å². The molecule has 0 aromatic heterocycles. The summed E-state index contributed by atoms with van der Waals surface area (Å²) in [5.74, 6) is 0. The lowest BCUT2D eigenvalue weighted by Gasteiger charge is -1.96. The van der Waals surface area contributed by atoms with E-state index in [4.69, 9.17) is 5.14 Å². The molecule has 1 aromatic carbocycles. The van der Waals surface area contributed by atoms with Crippen molar-refractivity contribution in [2.75, 3.05) is 0 Å². The van der Waals surface area contributed by atoms with Crippen molar-refractivity contribution in [2.45, 2.75) is 6.92 Å². The molecular formula is C11H13NS. The van der Waals surface area contributed by atoms with Crippen LogP contribution in [0.4, 0.5) is 0 Å². The molecule has 0 saturated carbocycles. The predicted octanol–water partition coefficient (Wildman–Crippen LogP) is 1.39. The molecule has 1 nitrogen and oxygen atoms in total. The molecule has 0 amide bonds. The molecule has 13 heavy (non-hydrogen) atoms. The highest BCUT2D eigenvalue weighted by Crippen LogP contribution is 2.06. The Morgan fingerprint density at radius 3 is 2.69 bits per heavy atom. The fourth-order valence-electron chi connectivity index (χ4n) is 1.19. The van der Waals surface area contributed by atoms with Gasteiger partial charge in [0.1, 0.15) is 0 Å². The quantitative estimate of drug-likeness (QED) is 0.715. The average Bonchev–Trinajstić information content (AvgIpc) is 2.20. The van der Waals surface area contributed by atoms with Crippen LogP contribution < -0.4 is 15.6 Å². The lowest BCUT2D eigenvalue weighted by atomic mass is 10.2. The van der Waals surface area contributed by atoms with Gasteiger partial charge in [0.2, 0.25) is 0 Å². The molecule has 68 valence electrons. The van der Waals surface area contributed by atoms with E-state index in [0.717, 1.165) is 10.1 Å². The minimum absolute atomic E-state index is 1.01. The first-order valence-corrected chi connectivity index (χ1v) is 4.96. The number of benzene rings is 1. The molecule has 2 N–H and O–H groups in total. The second-order valence-electron chi connectivity index (χ2n) is 2.56. The van der Waals surface area contributed by atoms with Gasteiger partial charge in [-0.05, 0) is 29.3 Å². The molecule has 1 rings (SSSR count). The third kappa shape index (κ3) is 2.23. The van der Waals surface area contributed by atoms with E-state index >= 15 is 0 Å². The van der Waals surface area contributed by atoms with Crippen LogP contribution in [0, 0.1) is 0 Å². The van der Waals surface area contributed by atoms with Gasteiger partial charge < -0.3 is 0 Å². The standard InChI is InChI=1S/C11H13NS/c1-3-9-7-5-6-8-10(9)11(4-2)13-12/h3-8H,2,12H2,1H3/b9-3-,11-10+. The molecule has 0 atom stereocenters. The van der Waals surface area contributed by atoms with Crippen LogP contribution in [0.1, 0.15) is 6.92 Å². The van der Waals surface area contributed by atoms with Crippen molar-refractivity contribution in [3.05, 3.63) is 47.4 Å². The summed E-state index contributed by atoms with van der Waals surface area (Å²) >= 11 is 1.23. The molecule has 0 saturated heterocycles. The number of nitrogens with two attached hydrogens (primary N) is 1. The van der Waals surface area contributed by atoms with Gasteiger partial charge in [0.25, 0.3) is 0 Å². The molecule has 0 spiro atoms. The van der Waals surface area contributed by atoms with E-state index in [1.54, 1.807) is 6.08 Å². The van der Waals surface area contributed by atoms with E-state index in [-0.39, 0.29) is 0 Å². The summed E-state index contributed by atoms with van der Waals surface area (Å²) < 4.78 is 0. The number of hydrogen-bond donors (Lipinski definition) is 1. The van der Waals surface area contributed by atoms with Crippen LogP contribution in [-0.4, -0.2) is 0 Å². The lowest BCUT2D eigenvalue weighted by molar-refractivity contribution is 1.50. The van der Waals surface area contributed by atoms with Crippen LogP contribution in [-0.2, 0) is 0 Å². The Labute approximate surface area is 82.8 Å². The van der Waals surface area contributed by atoms with Crippen molar-refractivity contribution in [1.29, 1.82) is 0 Å². The summed E-state index contributed by atoms with van der Waals surface area (Å²) in [5.41, 5.74) is 0. The van der Waals surface area contributed by atoms with Gasteiger partial charge in [-0.2, -0.15) is 0 Å². The molecule has 0 radical (unpaired) electrons. The van der Waals surface area contributed by atoms with E-state index < -0.39 is 0 Å². The predicted molar refractivity (Wildman–Crippen MR) is 61.2 cm³/mol. The van der Waals surface area contributed by atoms with E-state index in [9.17, 15) is 0 Å². The normalized spacial score (nSPS) is 14.2. The van der Waals surface area contributed by atoms with Crippen molar-refractivity contribution in [1.82, 2.24) is 0 Å². The van der Waals surface area contributed by atoms with Crippen molar-refractivity contribution >= 4 is 22.9 Å². The zero-order chi connectivity index (χ0) is 9.68. The Bertz CT molecular complexity index is 406. The number of rotatable bonds is 2. The maximum atomic E-state index is 5.53. The molecule has 0 bridgehead atoms. The molecule has 0 aliphatic rings. The van der Waals surface area contributed by atoms with Gasteiger partial charge in [-0.3, -0.25) is 5.14 Å². The summed E-state index contributed by atoms with van der Waals surface area (Å²) in [6, 6.07) is 8.13. The maximum absolute atomic E-state index is 5.53. The van der Waals surface area contributed by atoms with Gasteiger partial charge in [0.15, 0.2) is 0 Å². The second-order valence-corrected chi connectivity index (χ2v) is 3.24. The smallest absolute Gasteiger partial charge is 0.0298 e. The Morgan fingerprint density at radius 1 is 1.46 bits per heavy atom. The topological polar surface area (TPSA) is 26.0 Å². The Balaban J connectivity index is 3.61. The van der Waals surface area contributed by atoms with E-state index in [1.807, 2.05) is 25.1 Å². The maximum Gasteiger partial charge on any atom is 0.0298 e. The highest BCUT2D eigenvalue weighted by atomic mass is 32.2. The van der Waals surface area contributed by atoms with Crippen molar-refractivity contribution in [3.63, 3.8) is 0 Å². The summed E-state index contributed by atoms with van der Waals surface area (Å²) in [5, 5.41) is 7.87. The Hall–Kier alpha value is -0.990. The molecule has 0 aliphatic carbocycles. The lowest BCUT2D eigenvalue weighted by Crippen LogP contribution is -2.25. The average molecular weight is 191 g/mol. The minimum atomic E-state index is 1.01.